The summed E-state index contributed by atoms with van der Waals surface area (Å²) < 4.78 is 0. The van der Waals surface area contributed by atoms with E-state index in [0.717, 1.165) is 21.4 Å². The third-order valence-electron chi connectivity index (χ3n) is 9.62. The quantitative estimate of drug-likeness (QED) is 0.157. The van der Waals surface area contributed by atoms with E-state index in [1.54, 1.807) is 53.4 Å². The maximum absolute atomic E-state index is 14.9. The number of amides is 5. The number of carbonyl (C=O) groups excluding carboxylic acids is 5. The van der Waals surface area contributed by atoms with E-state index in [1.807, 2.05) is 66.7 Å². The second kappa shape index (κ2) is 12.9. The number of fused-ring (bicyclic) bond motifs is 1. The molecule has 2 aliphatic rings. The normalized spacial score (nSPS) is 14.7. The Morgan fingerprint density at radius 1 is 0.640 bits per heavy atom. The minimum absolute atomic E-state index is 0.0720. The van der Waals surface area contributed by atoms with Gasteiger partial charge in [-0.3, -0.25) is 33.8 Å². The lowest BCUT2D eigenvalue weighted by Crippen LogP contribution is -2.53. The fraction of sp³-hybridized carbons (Fsp3) is 0.214. The van der Waals surface area contributed by atoms with Crippen LogP contribution in [0.15, 0.2) is 115 Å². The molecule has 5 aromatic rings. The highest BCUT2D eigenvalue weighted by atomic mass is 16.2. The van der Waals surface area contributed by atoms with Gasteiger partial charge in [-0.15, -0.1) is 0 Å². The summed E-state index contributed by atoms with van der Waals surface area (Å²) in [5.41, 5.74) is 3.80. The molecule has 0 aliphatic carbocycles. The van der Waals surface area contributed by atoms with E-state index in [4.69, 9.17) is 0 Å². The zero-order valence-electron chi connectivity index (χ0n) is 28.3. The lowest BCUT2D eigenvalue weighted by Gasteiger charge is -2.33. The Morgan fingerprint density at radius 3 is 1.74 bits per heavy atom. The molecular formula is C42H37N3O5. The van der Waals surface area contributed by atoms with Crippen molar-refractivity contribution in [3.8, 4) is 0 Å². The van der Waals surface area contributed by atoms with Crippen molar-refractivity contribution in [2.45, 2.75) is 45.1 Å². The van der Waals surface area contributed by atoms with Gasteiger partial charge < -0.3 is 4.90 Å². The van der Waals surface area contributed by atoms with Gasteiger partial charge in [-0.05, 0) is 64.7 Å². The SMILES string of the molecule is CC(C)(C)c1ccc(N(CCCN2C(=O)c3cccc4cccc(c34)C2=O)C(=O)[C@@H](Cc2ccccc2)N2C(=O)c3ccccc3C2=O)cc1. The molecule has 0 N–H and O–H groups in total. The lowest BCUT2D eigenvalue weighted by molar-refractivity contribution is -0.122. The van der Waals surface area contributed by atoms with Gasteiger partial charge in [0.1, 0.15) is 6.04 Å². The largest absolute Gasteiger partial charge is 0.311 e. The Balaban J connectivity index is 1.22. The predicted molar refractivity (Wildman–Crippen MR) is 192 cm³/mol. The molecule has 0 saturated heterocycles. The van der Waals surface area contributed by atoms with E-state index in [-0.39, 0.29) is 54.3 Å². The van der Waals surface area contributed by atoms with Crippen LogP contribution in [0.5, 0.6) is 0 Å². The molecule has 50 heavy (non-hydrogen) atoms. The summed E-state index contributed by atoms with van der Waals surface area (Å²) in [4.78, 5) is 73.6. The summed E-state index contributed by atoms with van der Waals surface area (Å²) in [5.74, 6) is -2.21. The molecule has 0 radical (unpaired) electrons. The van der Waals surface area contributed by atoms with Gasteiger partial charge in [0.15, 0.2) is 0 Å². The zero-order valence-corrected chi connectivity index (χ0v) is 28.3. The highest BCUT2D eigenvalue weighted by molar-refractivity contribution is 6.25. The second-order valence-corrected chi connectivity index (χ2v) is 13.8. The maximum Gasteiger partial charge on any atom is 0.262 e. The van der Waals surface area contributed by atoms with Crippen LogP contribution in [0.1, 0.15) is 79.8 Å². The van der Waals surface area contributed by atoms with Crippen LogP contribution in [0.4, 0.5) is 5.69 Å². The first-order chi connectivity index (χ1) is 24.0. The Morgan fingerprint density at radius 2 is 1.18 bits per heavy atom. The summed E-state index contributed by atoms with van der Waals surface area (Å²) in [5, 5.41) is 1.48. The molecule has 0 spiro atoms. The minimum atomic E-state index is -1.14. The molecule has 8 nitrogen and oxygen atoms in total. The van der Waals surface area contributed by atoms with Crippen molar-refractivity contribution in [3.63, 3.8) is 0 Å². The van der Waals surface area contributed by atoms with E-state index < -0.39 is 23.8 Å². The lowest BCUT2D eigenvalue weighted by atomic mass is 9.87. The first-order valence-corrected chi connectivity index (χ1v) is 16.9. The molecule has 2 aliphatic heterocycles. The number of hydrogen-bond acceptors (Lipinski definition) is 5. The molecule has 8 heteroatoms. The van der Waals surface area contributed by atoms with Crippen LogP contribution in [0.3, 0.4) is 0 Å². The number of imide groups is 2. The molecule has 1 atom stereocenters. The van der Waals surface area contributed by atoms with E-state index >= 15 is 0 Å². The van der Waals surface area contributed by atoms with Gasteiger partial charge in [0, 0.05) is 41.7 Å². The summed E-state index contributed by atoms with van der Waals surface area (Å²) in [7, 11) is 0. The van der Waals surface area contributed by atoms with Gasteiger partial charge in [-0.25, -0.2) is 0 Å². The maximum atomic E-state index is 14.9. The molecular weight excluding hydrogens is 626 g/mol. The van der Waals surface area contributed by atoms with Crippen molar-refractivity contribution in [3.05, 3.63) is 149 Å². The first-order valence-electron chi connectivity index (χ1n) is 16.9. The van der Waals surface area contributed by atoms with Crippen LogP contribution >= 0.6 is 0 Å². The van der Waals surface area contributed by atoms with Crippen molar-refractivity contribution < 1.29 is 24.0 Å². The van der Waals surface area contributed by atoms with Gasteiger partial charge in [0.25, 0.3) is 29.5 Å². The number of rotatable bonds is 9. The highest BCUT2D eigenvalue weighted by Crippen LogP contribution is 2.32. The standard InChI is InChI=1S/C42H37N3O5/c1-42(2,3)29-20-22-30(23-21-29)43(24-11-25-44-37(46)33-18-9-14-28-15-10-19-34(36(28)33)38(44)47)41(50)35(26-27-12-5-4-6-13-27)45-39(48)31-16-7-8-17-32(31)40(45)49/h4-10,12-23,35H,11,24-26H2,1-3H3/t35-/m1/s1. The van der Waals surface area contributed by atoms with Gasteiger partial charge in [0.2, 0.25) is 0 Å². The average Bonchev–Trinajstić information content (AvgIpc) is 3.37. The number of carbonyl (C=O) groups is 5. The van der Waals surface area contributed by atoms with Crippen LogP contribution in [-0.2, 0) is 16.6 Å². The van der Waals surface area contributed by atoms with Crippen LogP contribution in [-0.4, -0.2) is 58.5 Å². The molecule has 0 fully saturated rings. The Hall–Kier alpha value is -5.89. The monoisotopic (exact) mass is 663 g/mol. The van der Waals surface area contributed by atoms with Gasteiger partial charge in [0.05, 0.1) is 11.1 Å². The van der Waals surface area contributed by atoms with Gasteiger partial charge in [-0.1, -0.05) is 99.6 Å². The summed E-state index contributed by atoms with van der Waals surface area (Å²) in [6.07, 6.45) is 0.383. The van der Waals surface area contributed by atoms with Crippen LogP contribution in [0.25, 0.3) is 10.8 Å². The smallest absolute Gasteiger partial charge is 0.262 e. The summed E-state index contributed by atoms with van der Waals surface area (Å²) >= 11 is 0. The van der Waals surface area contributed by atoms with E-state index in [0.29, 0.717) is 22.2 Å². The van der Waals surface area contributed by atoms with Gasteiger partial charge >= 0.3 is 0 Å². The molecule has 7 rings (SSSR count). The topological polar surface area (TPSA) is 95.1 Å². The molecule has 5 aromatic carbocycles. The number of nitrogens with zero attached hydrogens (tertiary/aromatic N) is 3. The number of benzene rings is 5. The summed E-state index contributed by atoms with van der Waals surface area (Å²) in [6, 6.07) is 33.3. The van der Waals surface area contributed by atoms with Crippen molar-refractivity contribution in [1.82, 2.24) is 9.80 Å². The third-order valence-corrected chi connectivity index (χ3v) is 9.62. The van der Waals surface area contributed by atoms with E-state index in [9.17, 15) is 24.0 Å². The molecule has 0 saturated carbocycles. The fourth-order valence-corrected chi connectivity index (χ4v) is 6.98. The number of anilines is 1. The average molecular weight is 664 g/mol. The van der Waals surface area contributed by atoms with E-state index in [1.165, 1.54) is 4.90 Å². The predicted octanol–water partition coefficient (Wildman–Crippen LogP) is 7.06. The Kier molecular flexibility index (Phi) is 8.39. The first kappa shape index (κ1) is 32.6. The zero-order chi connectivity index (χ0) is 35.2. The Labute approximate surface area is 290 Å². The van der Waals surface area contributed by atoms with Crippen LogP contribution in [0.2, 0.25) is 0 Å². The third kappa shape index (κ3) is 5.76. The van der Waals surface area contributed by atoms with Crippen molar-refractivity contribution in [2.75, 3.05) is 18.0 Å². The molecule has 0 bridgehead atoms. The molecule has 250 valence electrons. The van der Waals surface area contributed by atoms with Crippen molar-refractivity contribution in [1.29, 1.82) is 0 Å². The van der Waals surface area contributed by atoms with Crippen molar-refractivity contribution in [2.24, 2.45) is 0 Å². The Bertz CT molecular complexity index is 2080. The highest BCUT2D eigenvalue weighted by Gasteiger charge is 2.44. The molecule has 2 heterocycles. The second-order valence-electron chi connectivity index (χ2n) is 13.8. The molecule has 5 amide bonds. The van der Waals surface area contributed by atoms with E-state index in [2.05, 4.69) is 20.8 Å². The van der Waals surface area contributed by atoms with Gasteiger partial charge in [-0.2, -0.15) is 0 Å². The summed E-state index contributed by atoms with van der Waals surface area (Å²) in [6.45, 7) is 6.52. The van der Waals surface area contributed by atoms with Crippen molar-refractivity contribution >= 4 is 46.0 Å². The molecule has 0 unspecified atom stereocenters. The van der Waals surface area contributed by atoms with Crippen LogP contribution in [0, 0.1) is 0 Å². The van der Waals surface area contributed by atoms with Crippen LogP contribution < -0.4 is 4.90 Å². The minimum Gasteiger partial charge on any atom is -0.311 e. The number of hydrogen-bond donors (Lipinski definition) is 0. The molecule has 0 aromatic heterocycles. The fourth-order valence-electron chi connectivity index (χ4n) is 6.98.